The molecule has 1 saturated carbocycles. The number of amides is 1. The maximum Gasteiger partial charge on any atom is 0.410 e. The lowest BCUT2D eigenvalue weighted by Gasteiger charge is -2.32. The topological polar surface area (TPSA) is 49.8 Å². The van der Waals surface area contributed by atoms with E-state index in [4.69, 9.17) is 9.84 Å². The summed E-state index contributed by atoms with van der Waals surface area (Å²) in [4.78, 5) is 13.9. The van der Waals surface area contributed by atoms with Crippen LogP contribution < -0.4 is 0 Å². The van der Waals surface area contributed by atoms with E-state index in [1.807, 2.05) is 20.8 Å². The fourth-order valence-corrected chi connectivity index (χ4v) is 2.42. The van der Waals surface area contributed by atoms with Crippen molar-refractivity contribution in [3.05, 3.63) is 0 Å². The Morgan fingerprint density at radius 2 is 1.78 bits per heavy atom. The number of carbonyl (C=O) groups is 1. The van der Waals surface area contributed by atoms with E-state index in [1.54, 1.807) is 4.90 Å². The Balaban J connectivity index is 2.64. The summed E-state index contributed by atoms with van der Waals surface area (Å²) < 4.78 is 5.42. The zero-order valence-corrected chi connectivity index (χ0v) is 11.9. The molecule has 18 heavy (non-hydrogen) atoms. The second-order valence-corrected chi connectivity index (χ2v) is 6.04. The molecule has 4 heteroatoms. The molecule has 1 aliphatic rings. The molecular formula is C14H27NO3. The third-order valence-electron chi connectivity index (χ3n) is 3.23. The number of aliphatic hydroxyl groups is 1. The van der Waals surface area contributed by atoms with Crippen LogP contribution in [0.25, 0.3) is 0 Å². The Morgan fingerprint density at radius 1 is 1.22 bits per heavy atom. The van der Waals surface area contributed by atoms with Gasteiger partial charge in [-0.1, -0.05) is 25.7 Å². The molecule has 0 spiro atoms. The molecule has 0 saturated heterocycles. The van der Waals surface area contributed by atoms with Gasteiger partial charge in [-0.25, -0.2) is 4.79 Å². The lowest BCUT2D eigenvalue weighted by Crippen LogP contribution is -2.44. The summed E-state index contributed by atoms with van der Waals surface area (Å²) in [5.74, 6) is 0. The molecular weight excluding hydrogens is 230 g/mol. The van der Waals surface area contributed by atoms with Gasteiger partial charge in [-0.05, 0) is 33.6 Å². The van der Waals surface area contributed by atoms with E-state index in [9.17, 15) is 4.79 Å². The molecule has 1 fully saturated rings. The highest BCUT2D eigenvalue weighted by molar-refractivity contribution is 5.68. The van der Waals surface area contributed by atoms with Crippen molar-refractivity contribution in [2.75, 3.05) is 13.2 Å². The Labute approximate surface area is 110 Å². The summed E-state index contributed by atoms with van der Waals surface area (Å²) in [5, 5.41) is 9.14. The van der Waals surface area contributed by atoms with Crippen LogP contribution in [0.5, 0.6) is 0 Å². The molecule has 0 unspecified atom stereocenters. The van der Waals surface area contributed by atoms with Gasteiger partial charge in [-0.3, -0.25) is 0 Å². The first-order valence-electron chi connectivity index (χ1n) is 7.04. The molecule has 1 rings (SSSR count). The fourth-order valence-electron chi connectivity index (χ4n) is 2.42. The minimum absolute atomic E-state index is 0.00422. The minimum atomic E-state index is -0.477. The van der Waals surface area contributed by atoms with Gasteiger partial charge in [0.05, 0.1) is 6.61 Å². The molecule has 0 aliphatic heterocycles. The van der Waals surface area contributed by atoms with E-state index < -0.39 is 5.60 Å². The molecule has 4 nitrogen and oxygen atoms in total. The first-order valence-corrected chi connectivity index (χ1v) is 7.04. The summed E-state index contributed by atoms with van der Waals surface area (Å²) in [6, 6.07) is 0.231. The minimum Gasteiger partial charge on any atom is -0.444 e. The average molecular weight is 257 g/mol. The number of carbonyl (C=O) groups excluding carboxylic acids is 1. The van der Waals surface area contributed by atoms with Gasteiger partial charge in [0.25, 0.3) is 0 Å². The lowest BCUT2D eigenvalue weighted by atomic mass is 10.1. The summed E-state index contributed by atoms with van der Waals surface area (Å²) >= 11 is 0. The van der Waals surface area contributed by atoms with Crippen molar-refractivity contribution in [1.82, 2.24) is 4.90 Å². The first kappa shape index (κ1) is 15.3. The van der Waals surface area contributed by atoms with Gasteiger partial charge in [0, 0.05) is 12.6 Å². The van der Waals surface area contributed by atoms with Crippen LogP contribution in [-0.2, 0) is 4.74 Å². The molecule has 0 aromatic heterocycles. The molecule has 0 aromatic rings. The van der Waals surface area contributed by atoms with Crippen molar-refractivity contribution in [2.24, 2.45) is 0 Å². The maximum absolute atomic E-state index is 12.2. The number of ether oxygens (including phenoxy) is 1. The summed E-state index contributed by atoms with van der Waals surface area (Å²) in [7, 11) is 0. The summed E-state index contributed by atoms with van der Waals surface area (Å²) in [6.07, 6.45) is 6.59. The summed E-state index contributed by atoms with van der Waals surface area (Å²) in [6.45, 7) is 5.98. The SMILES string of the molecule is CC(C)(C)OC(=O)N(CCO)C1CCCCCC1. The van der Waals surface area contributed by atoms with Crippen molar-refractivity contribution in [3.63, 3.8) is 0 Å². The van der Waals surface area contributed by atoms with Crippen LogP contribution in [0.15, 0.2) is 0 Å². The van der Waals surface area contributed by atoms with Crippen LogP contribution >= 0.6 is 0 Å². The number of rotatable bonds is 3. The first-order chi connectivity index (χ1) is 8.44. The van der Waals surface area contributed by atoms with Crippen molar-refractivity contribution < 1.29 is 14.6 Å². The maximum atomic E-state index is 12.2. The van der Waals surface area contributed by atoms with E-state index >= 15 is 0 Å². The van der Waals surface area contributed by atoms with Crippen molar-refractivity contribution >= 4 is 6.09 Å². The van der Waals surface area contributed by atoms with E-state index in [-0.39, 0.29) is 18.7 Å². The second kappa shape index (κ2) is 6.98. The highest BCUT2D eigenvalue weighted by Crippen LogP contribution is 2.23. The second-order valence-electron chi connectivity index (χ2n) is 6.04. The van der Waals surface area contributed by atoms with E-state index in [1.165, 1.54) is 12.8 Å². The van der Waals surface area contributed by atoms with Gasteiger partial charge >= 0.3 is 6.09 Å². The van der Waals surface area contributed by atoms with Crippen LogP contribution in [0, 0.1) is 0 Å². The van der Waals surface area contributed by atoms with Gasteiger partial charge in [0.15, 0.2) is 0 Å². The monoisotopic (exact) mass is 257 g/mol. The third kappa shape index (κ3) is 5.25. The van der Waals surface area contributed by atoms with Crippen molar-refractivity contribution in [2.45, 2.75) is 70.9 Å². The van der Waals surface area contributed by atoms with E-state index in [2.05, 4.69) is 0 Å². The average Bonchev–Trinajstić information content (AvgIpc) is 2.51. The number of hydrogen-bond acceptors (Lipinski definition) is 3. The van der Waals surface area contributed by atoms with Gasteiger partial charge in [0.1, 0.15) is 5.60 Å². The molecule has 1 amide bonds. The van der Waals surface area contributed by atoms with E-state index in [0.29, 0.717) is 6.54 Å². The van der Waals surface area contributed by atoms with Crippen molar-refractivity contribution in [1.29, 1.82) is 0 Å². The van der Waals surface area contributed by atoms with Crippen LogP contribution in [0.3, 0.4) is 0 Å². The van der Waals surface area contributed by atoms with Crippen LogP contribution in [-0.4, -0.2) is 40.9 Å². The van der Waals surface area contributed by atoms with E-state index in [0.717, 1.165) is 25.7 Å². The Kier molecular flexibility index (Phi) is 5.93. The van der Waals surface area contributed by atoms with Gasteiger partial charge in [-0.2, -0.15) is 0 Å². The van der Waals surface area contributed by atoms with Gasteiger partial charge in [-0.15, -0.1) is 0 Å². The molecule has 0 heterocycles. The number of hydrogen-bond donors (Lipinski definition) is 1. The van der Waals surface area contributed by atoms with Gasteiger partial charge in [0.2, 0.25) is 0 Å². The molecule has 0 bridgehead atoms. The highest BCUT2D eigenvalue weighted by atomic mass is 16.6. The molecule has 1 aliphatic carbocycles. The smallest absolute Gasteiger partial charge is 0.410 e. The van der Waals surface area contributed by atoms with Crippen molar-refractivity contribution in [3.8, 4) is 0 Å². The molecule has 1 N–H and O–H groups in total. The van der Waals surface area contributed by atoms with Crippen LogP contribution in [0.2, 0.25) is 0 Å². The zero-order valence-electron chi connectivity index (χ0n) is 11.9. The highest BCUT2D eigenvalue weighted by Gasteiger charge is 2.28. The summed E-state index contributed by atoms with van der Waals surface area (Å²) in [5.41, 5.74) is -0.477. The quantitative estimate of drug-likeness (QED) is 0.791. The van der Waals surface area contributed by atoms with Gasteiger partial charge < -0.3 is 14.7 Å². The standard InChI is InChI=1S/C14H27NO3/c1-14(2,3)18-13(17)15(10-11-16)12-8-6-4-5-7-9-12/h12,16H,4-11H2,1-3H3. The zero-order chi connectivity index (χ0) is 13.6. The normalized spacial score (nSPS) is 18.2. The van der Waals surface area contributed by atoms with Crippen LogP contribution in [0.1, 0.15) is 59.3 Å². The fraction of sp³-hybridized carbons (Fsp3) is 0.929. The number of nitrogens with zero attached hydrogens (tertiary/aromatic N) is 1. The Bertz CT molecular complexity index is 252. The Morgan fingerprint density at radius 3 is 2.22 bits per heavy atom. The molecule has 0 radical (unpaired) electrons. The lowest BCUT2D eigenvalue weighted by molar-refractivity contribution is 0.0107. The largest absolute Gasteiger partial charge is 0.444 e. The molecule has 0 atom stereocenters. The molecule has 106 valence electrons. The predicted molar refractivity (Wildman–Crippen MR) is 71.5 cm³/mol. The molecule has 0 aromatic carbocycles. The third-order valence-corrected chi connectivity index (χ3v) is 3.23. The number of aliphatic hydroxyl groups excluding tert-OH is 1. The Hall–Kier alpha value is -0.770. The van der Waals surface area contributed by atoms with Crippen LogP contribution in [0.4, 0.5) is 4.79 Å². The predicted octanol–water partition coefficient (Wildman–Crippen LogP) is 2.94.